The Hall–Kier alpha value is -14.1. The first-order valence-electron chi connectivity index (χ1n) is 42.8. The summed E-state index contributed by atoms with van der Waals surface area (Å²) in [5.74, 6) is -5.16. The summed E-state index contributed by atoms with van der Waals surface area (Å²) in [6.45, 7) is 10.8. The number of aromatic amines is 3. The maximum atomic E-state index is 14.5. The number of H-pyrrole nitrogens is 3. The maximum absolute atomic E-state index is 14.5. The molecule has 16 rings (SSSR count). The first kappa shape index (κ1) is 96.9. The number of hydrogen-bond donors (Lipinski definition) is 11. The summed E-state index contributed by atoms with van der Waals surface area (Å²) in [7, 11) is 0. The Morgan fingerprint density at radius 2 is 1.04 bits per heavy atom. The van der Waals surface area contributed by atoms with Crippen LogP contribution in [0.2, 0.25) is 0 Å². The lowest BCUT2D eigenvalue weighted by molar-refractivity contribution is -0.163. The molecule has 29 nitrogen and oxygen atoms in total. The number of carboxylic acid groups (broad SMARTS) is 2. The summed E-state index contributed by atoms with van der Waals surface area (Å²) >= 11 is 0. The van der Waals surface area contributed by atoms with Gasteiger partial charge in [-0.05, 0) is 217 Å². The minimum Gasteiger partial charge on any atom is -0.492 e. The highest BCUT2D eigenvalue weighted by Gasteiger charge is 2.51. The van der Waals surface area contributed by atoms with Gasteiger partial charge in [0.2, 0.25) is 17.7 Å². The highest BCUT2D eigenvalue weighted by molar-refractivity contribution is 6.07. The molecule has 35 heteroatoms. The average Bonchev–Trinajstić information content (AvgIpc) is 1.51. The first-order valence-corrected chi connectivity index (χ1v) is 42.8. The Morgan fingerprint density at radius 1 is 0.561 bits per heavy atom. The quantitative estimate of drug-likeness (QED) is 0.0113. The molecule has 4 aliphatic rings. The summed E-state index contributed by atoms with van der Waals surface area (Å²) < 4.78 is 117. The van der Waals surface area contributed by atoms with Crippen molar-refractivity contribution in [2.45, 2.75) is 117 Å². The van der Waals surface area contributed by atoms with Crippen molar-refractivity contribution in [3.63, 3.8) is 0 Å². The Balaban J connectivity index is 0.000000156. The number of aromatic carboxylic acids is 1. The van der Waals surface area contributed by atoms with Crippen LogP contribution in [0.4, 0.5) is 42.5 Å². The minimum atomic E-state index is -1.11. The second-order valence-corrected chi connectivity index (χ2v) is 32.8. The fourth-order valence-corrected chi connectivity index (χ4v) is 13.7. The molecule has 4 aromatic heterocycles. The fourth-order valence-electron chi connectivity index (χ4n) is 13.7. The van der Waals surface area contributed by atoms with Gasteiger partial charge in [-0.25, -0.2) is 40.7 Å². The minimum absolute atomic E-state index is 0.0215. The van der Waals surface area contributed by atoms with Crippen LogP contribution in [0.25, 0.3) is 92.2 Å². The van der Waals surface area contributed by atoms with Gasteiger partial charge in [0.05, 0.1) is 110 Å². The van der Waals surface area contributed by atoms with Crippen molar-refractivity contribution >= 4 is 145 Å². The number of aromatic nitrogens is 8. The van der Waals surface area contributed by atoms with Gasteiger partial charge in [-0.1, -0.05) is 72.8 Å². The third kappa shape index (κ3) is 25.5. The number of benzene rings is 8. The molecule has 132 heavy (non-hydrogen) atoms. The van der Waals surface area contributed by atoms with E-state index in [0.29, 0.717) is 112 Å². The molecular weight excluding hydrogens is 1720 g/mol. The molecule has 0 spiro atoms. The summed E-state index contributed by atoms with van der Waals surface area (Å²) in [5.41, 5.74) is 15.9. The number of aliphatic hydroxyl groups is 1. The Bertz CT molecular complexity index is 6250. The number of carboxylic acids is 2. The van der Waals surface area contributed by atoms with E-state index in [1.54, 1.807) is 149 Å². The Labute approximate surface area is 754 Å². The number of ether oxygens (including phenoxy) is 6. The van der Waals surface area contributed by atoms with Crippen LogP contribution in [0.3, 0.4) is 0 Å². The summed E-state index contributed by atoms with van der Waals surface area (Å²) in [4.78, 5) is 84.0. The van der Waals surface area contributed by atoms with Crippen LogP contribution in [-0.2, 0) is 38.1 Å². The van der Waals surface area contributed by atoms with Gasteiger partial charge in [0.1, 0.15) is 63.1 Å². The summed E-state index contributed by atoms with van der Waals surface area (Å²) in [6.07, 6.45) is 21.2. The van der Waals surface area contributed by atoms with Gasteiger partial charge in [-0.15, -0.1) is 0 Å². The number of nitrogens with one attached hydrogen (secondary N) is 6. The number of fused-ring (bicyclic) bond motifs is 4. The van der Waals surface area contributed by atoms with Gasteiger partial charge in [0.15, 0.2) is 6.29 Å². The molecule has 3 aliphatic carbocycles. The number of carbonyl (C=O) groups excluding carboxylic acids is 5. The molecule has 692 valence electrons. The predicted octanol–water partition coefficient (Wildman–Crippen LogP) is 17.3. The molecule has 3 saturated carbocycles. The van der Waals surface area contributed by atoms with E-state index in [1.807, 2.05) is 0 Å². The van der Waals surface area contributed by atoms with Crippen LogP contribution in [0, 0.1) is 51.1 Å². The SMILES string of the molecule is CC(=O)NCC1(C(=O)Nc2cc3c(/C=C/c4ccc(F)cc4)n[nH]c3cc2F)CC1.CCOC(=O)c1ccc2c(c(/C=C/c3ccc(F)cc3)nn2C(=O)OC(C)(C)C)c1OCCCOC1CCCCO1.NCC1(C(=O)Nc2cc3c(/C=C/c4ccc(F)cc4)n[nH]c3cc2F)CC1.NCC1(C(=O)O)CC1.O=C(O)c1ccc2n[nH]c(/C=C/c3ccc(F)cc3)c2c1OCCCO. The lowest BCUT2D eigenvalue weighted by atomic mass is 10.1. The third-order valence-electron chi connectivity index (χ3n) is 21.9. The standard InChI is InChI=1S/C31H37FN2O7.C22H20F2N4O2.C20H18F2N4O.C19H17FN2O4.C5H9NO2/c1-5-37-29(35)23-15-17-25-27(28(23)40-20-8-19-39-26-9-6-7-18-38-26)24(16-12-21-10-13-22(32)14-11-21)33-34(25)30(36)41-31(2,3)4;1-13(29)25-12-22(8-9-22)21(30)26-20-10-16-18(27-28-19(16)11-17(20)24)7-4-14-2-5-15(23)6-3-14;21-13-4-1-12(2-5-13)3-6-16-14-9-18(15(22)10-17(14)26-25-16)24-19(27)20(11-23)7-8-20;20-13-5-2-12(3-6-13)4-8-15-17-16(22-21-15)9-7-14(19(24)25)18(17)26-11-1-10-23;6-3-5(1-2-5)4(7)8/h10-17,26H,5-9,18-20H2,1-4H3;2-7,10-11H,8-9,12H2,1H3,(H,25,29)(H,26,30)(H,27,28);1-6,9-10H,7-8,11,23H2,(H,24,27)(H,25,26);2-9,23H,1,10-11H2,(H,21,22)(H,24,25);1-3,6H2,(H,7,8)/b16-12+;7-4+;6-3+;8-4+;. The molecule has 0 bridgehead atoms. The smallest absolute Gasteiger partial charge is 0.435 e. The zero-order valence-electron chi connectivity index (χ0n) is 73.0. The highest BCUT2D eigenvalue weighted by atomic mass is 19.1. The first-order chi connectivity index (χ1) is 63.3. The number of aliphatic carboxylic acids is 1. The van der Waals surface area contributed by atoms with Gasteiger partial charge in [0, 0.05) is 75.5 Å². The van der Waals surface area contributed by atoms with E-state index in [9.17, 15) is 65.0 Å². The van der Waals surface area contributed by atoms with E-state index >= 15 is 0 Å². The van der Waals surface area contributed by atoms with E-state index in [1.165, 1.54) is 79.7 Å². The van der Waals surface area contributed by atoms with E-state index in [-0.39, 0.29) is 121 Å². The van der Waals surface area contributed by atoms with Crippen LogP contribution in [0.15, 0.2) is 146 Å². The number of nitrogens with two attached hydrogens (primary N) is 2. The number of nitrogens with zero attached hydrogens (tertiary/aromatic N) is 5. The molecule has 1 saturated heterocycles. The molecule has 12 aromatic rings. The van der Waals surface area contributed by atoms with Gasteiger partial charge in [-0.3, -0.25) is 34.5 Å². The molecule has 4 fully saturated rings. The number of rotatable bonds is 30. The zero-order chi connectivity index (χ0) is 94.4. The molecule has 8 aromatic carbocycles. The van der Waals surface area contributed by atoms with Crippen molar-refractivity contribution in [2.24, 2.45) is 27.7 Å². The number of halogens is 6. The van der Waals surface area contributed by atoms with Crippen molar-refractivity contribution < 1.29 is 104 Å². The molecule has 1 unspecified atom stereocenters. The monoisotopic (exact) mass is 1820 g/mol. The van der Waals surface area contributed by atoms with E-state index < -0.39 is 57.5 Å². The molecule has 5 heterocycles. The summed E-state index contributed by atoms with van der Waals surface area (Å²) in [6, 6.07) is 35.8. The predicted molar refractivity (Wildman–Crippen MR) is 487 cm³/mol. The maximum Gasteiger partial charge on any atom is 0.435 e. The van der Waals surface area contributed by atoms with Gasteiger partial charge < -0.3 is 71.2 Å². The number of esters is 1. The second kappa shape index (κ2) is 44.0. The Morgan fingerprint density at radius 3 is 1.48 bits per heavy atom. The fraction of sp³-hybridized carbons (Fsp3) is 0.309. The third-order valence-corrected chi connectivity index (χ3v) is 21.9. The van der Waals surface area contributed by atoms with Crippen LogP contribution >= 0.6 is 0 Å². The zero-order valence-corrected chi connectivity index (χ0v) is 73.0. The molecular formula is C97H101F6N13O16. The lowest BCUT2D eigenvalue weighted by Crippen LogP contribution is -2.36. The van der Waals surface area contributed by atoms with Crippen molar-refractivity contribution in [3.8, 4) is 11.5 Å². The van der Waals surface area contributed by atoms with Gasteiger partial charge >= 0.3 is 24.0 Å². The topological polar surface area (TPSA) is 428 Å². The number of carbonyl (C=O) groups is 7. The van der Waals surface area contributed by atoms with Crippen LogP contribution in [0.1, 0.15) is 171 Å². The van der Waals surface area contributed by atoms with Gasteiger partial charge in [0.25, 0.3) is 0 Å². The largest absolute Gasteiger partial charge is 0.492 e. The normalized spacial score (nSPS) is 15.0. The van der Waals surface area contributed by atoms with E-state index in [0.717, 1.165) is 71.9 Å². The number of hydrogen-bond acceptors (Lipinski definition) is 20. The van der Waals surface area contributed by atoms with Crippen molar-refractivity contribution in [3.05, 3.63) is 237 Å². The lowest BCUT2D eigenvalue weighted by Gasteiger charge is -2.22. The Kier molecular flexibility index (Phi) is 32.3. The van der Waals surface area contributed by atoms with Crippen molar-refractivity contribution in [1.29, 1.82) is 0 Å². The van der Waals surface area contributed by atoms with E-state index in [2.05, 4.69) is 51.6 Å². The highest BCUT2D eigenvalue weighted by Crippen LogP contribution is 2.48. The average molecular weight is 1820 g/mol. The number of amides is 3. The van der Waals surface area contributed by atoms with Gasteiger partial charge in [-0.2, -0.15) is 25.1 Å². The number of aliphatic hydroxyl groups excluding tert-OH is 1. The van der Waals surface area contributed by atoms with Crippen molar-refractivity contribution in [2.75, 3.05) is 69.9 Å². The van der Waals surface area contributed by atoms with Crippen LogP contribution in [-0.4, -0.2) is 169 Å². The van der Waals surface area contributed by atoms with Crippen LogP contribution in [0.5, 0.6) is 11.5 Å². The number of anilines is 2. The summed E-state index contributed by atoms with van der Waals surface area (Å²) in [5, 5.41) is 62.5. The molecule has 1 aliphatic heterocycles. The molecule has 1 atom stereocenters. The second-order valence-electron chi connectivity index (χ2n) is 32.8. The van der Waals surface area contributed by atoms with E-state index in [4.69, 9.17) is 50.1 Å². The van der Waals surface area contributed by atoms with Crippen molar-refractivity contribution in [1.82, 2.24) is 45.7 Å². The molecule has 3 amide bonds. The van der Waals surface area contributed by atoms with Crippen LogP contribution < -0.4 is 36.9 Å². The molecule has 0 radical (unpaired) electrons. The molecule has 13 N–H and O–H groups in total.